The van der Waals surface area contributed by atoms with Crippen molar-refractivity contribution < 1.29 is 0 Å². The van der Waals surface area contributed by atoms with Gasteiger partial charge in [-0.15, -0.1) is 0 Å². The van der Waals surface area contributed by atoms with Crippen LogP contribution in [0.15, 0.2) is 18.2 Å². The van der Waals surface area contributed by atoms with Crippen molar-refractivity contribution in [1.82, 2.24) is 19.3 Å². The van der Waals surface area contributed by atoms with Gasteiger partial charge in [-0.2, -0.15) is 10.4 Å². The minimum atomic E-state index is 0.347. The van der Waals surface area contributed by atoms with Crippen LogP contribution in [-0.2, 0) is 6.54 Å². The minimum Gasteiger partial charge on any atom is -0.369 e. The van der Waals surface area contributed by atoms with E-state index in [-0.39, 0.29) is 0 Å². The Balaban J connectivity index is 2.35. The molecule has 2 heterocycles. The lowest BCUT2D eigenvalue weighted by Crippen LogP contribution is -2.07. The van der Waals surface area contributed by atoms with Crippen molar-refractivity contribution in [3.63, 3.8) is 0 Å². The van der Waals surface area contributed by atoms with Crippen LogP contribution in [0.25, 0.3) is 16.9 Å². The second kappa shape index (κ2) is 4.79. The summed E-state index contributed by atoms with van der Waals surface area (Å²) in [5.74, 6) is 0.347. The number of nitrogens with two attached hydrogens (primary N) is 1. The van der Waals surface area contributed by atoms with Crippen LogP contribution in [0, 0.1) is 18.3 Å². The van der Waals surface area contributed by atoms with E-state index in [1.54, 1.807) is 22.8 Å². The van der Waals surface area contributed by atoms with Gasteiger partial charge in [0, 0.05) is 6.54 Å². The van der Waals surface area contributed by atoms with Gasteiger partial charge in [-0.3, -0.25) is 4.57 Å². The van der Waals surface area contributed by atoms with Crippen LogP contribution in [0.4, 0.5) is 5.95 Å². The van der Waals surface area contributed by atoms with Crippen LogP contribution in [-0.4, -0.2) is 19.3 Å². The summed E-state index contributed by atoms with van der Waals surface area (Å²) < 4.78 is 3.60. The SMILES string of the molecule is CCn1nc(C)c2nc(N)n(-c3ccc(C#N)cc3Cl)c21. The molecular formula is C14H13ClN6. The van der Waals surface area contributed by atoms with Crippen LogP contribution >= 0.6 is 11.6 Å². The molecule has 0 fully saturated rings. The number of nitrogens with zero attached hydrogens (tertiary/aromatic N) is 5. The Kier molecular flexibility index (Phi) is 3.07. The average molecular weight is 301 g/mol. The second-order valence-corrected chi connectivity index (χ2v) is 5.06. The highest BCUT2D eigenvalue weighted by Gasteiger charge is 2.19. The summed E-state index contributed by atoms with van der Waals surface area (Å²) in [7, 11) is 0. The van der Waals surface area contributed by atoms with Gasteiger partial charge < -0.3 is 5.73 Å². The zero-order chi connectivity index (χ0) is 15.1. The molecule has 3 rings (SSSR count). The summed E-state index contributed by atoms with van der Waals surface area (Å²) in [6, 6.07) is 7.14. The van der Waals surface area contributed by atoms with E-state index in [2.05, 4.69) is 16.2 Å². The second-order valence-electron chi connectivity index (χ2n) is 4.66. The highest BCUT2D eigenvalue weighted by Crippen LogP contribution is 2.29. The first-order valence-corrected chi connectivity index (χ1v) is 6.86. The smallest absolute Gasteiger partial charge is 0.207 e. The number of halogens is 1. The Morgan fingerprint density at radius 1 is 1.43 bits per heavy atom. The summed E-state index contributed by atoms with van der Waals surface area (Å²) in [5.41, 5.74) is 9.62. The fourth-order valence-corrected chi connectivity index (χ4v) is 2.67. The molecule has 0 spiro atoms. The van der Waals surface area contributed by atoms with Crippen molar-refractivity contribution in [3.8, 4) is 11.8 Å². The van der Waals surface area contributed by atoms with Crippen LogP contribution < -0.4 is 5.73 Å². The zero-order valence-corrected chi connectivity index (χ0v) is 12.4. The molecule has 6 nitrogen and oxygen atoms in total. The lowest BCUT2D eigenvalue weighted by Gasteiger charge is -2.10. The van der Waals surface area contributed by atoms with Gasteiger partial charge in [0.05, 0.1) is 28.0 Å². The Morgan fingerprint density at radius 3 is 2.81 bits per heavy atom. The lowest BCUT2D eigenvalue weighted by molar-refractivity contribution is 0.663. The van der Waals surface area contributed by atoms with E-state index in [1.807, 2.05) is 18.5 Å². The number of hydrogen-bond donors (Lipinski definition) is 1. The fraction of sp³-hybridized carbons (Fsp3) is 0.214. The number of nitrogen functional groups attached to an aromatic ring is 1. The topological polar surface area (TPSA) is 85.5 Å². The lowest BCUT2D eigenvalue weighted by atomic mass is 10.2. The van der Waals surface area contributed by atoms with Gasteiger partial charge in [0.25, 0.3) is 0 Å². The van der Waals surface area contributed by atoms with Crippen LogP contribution in [0.3, 0.4) is 0 Å². The standard InChI is InChI=1S/C14H13ClN6/c1-3-20-13-12(8(2)19-20)18-14(17)21(13)11-5-4-9(7-16)6-10(11)15/h4-6H,3H2,1-2H3,(H2,17,18). The number of rotatable bonds is 2. The molecule has 0 atom stereocenters. The molecule has 3 aromatic rings. The normalized spacial score (nSPS) is 11.0. The summed E-state index contributed by atoms with van der Waals surface area (Å²) in [6.45, 7) is 4.59. The highest BCUT2D eigenvalue weighted by atomic mass is 35.5. The number of imidazole rings is 1. The van der Waals surface area contributed by atoms with E-state index >= 15 is 0 Å². The first-order valence-electron chi connectivity index (χ1n) is 6.48. The first kappa shape index (κ1) is 13.5. The van der Waals surface area contributed by atoms with Crippen molar-refractivity contribution in [2.75, 3.05) is 5.73 Å². The molecule has 0 aliphatic carbocycles. The van der Waals surface area contributed by atoms with Crippen LogP contribution in [0.5, 0.6) is 0 Å². The fourth-order valence-electron chi connectivity index (χ4n) is 2.40. The number of fused-ring (bicyclic) bond motifs is 1. The first-order chi connectivity index (χ1) is 10.1. The molecule has 0 amide bonds. The molecule has 1 aromatic carbocycles. The van der Waals surface area contributed by atoms with Crippen molar-refractivity contribution in [2.24, 2.45) is 0 Å². The molecule has 2 aromatic heterocycles. The molecule has 21 heavy (non-hydrogen) atoms. The Labute approximate surface area is 126 Å². The molecule has 0 radical (unpaired) electrons. The van der Waals surface area contributed by atoms with Crippen molar-refractivity contribution in [3.05, 3.63) is 34.5 Å². The van der Waals surface area contributed by atoms with Crippen LogP contribution in [0.1, 0.15) is 18.2 Å². The molecule has 0 bridgehead atoms. The van der Waals surface area contributed by atoms with Gasteiger partial charge >= 0.3 is 0 Å². The number of aryl methyl sites for hydroxylation is 2. The monoisotopic (exact) mass is 300 g/mol. The van der Waals surface area contributed by atoms with E-state index in [0.717, 1.165) is 16.9 Å². The van der Waals surface area contributed by atoms with E-state index in [1.165, 1.54) is 0 Å². The summed E-state index contributed by atoms with van der Waals surface area (Å²) in [6.07, 6.45) is 0. The predicted molar refractivity (Wildman–Crippen MR) is 81.4 cm³/mol. The molecule has 0 saturated heterocycles. The van der Waals surface area contributed by atoms with E-state index in [9.17, 15) is 0 Å². The molecule has 7 heteroatoms. The number of nitriles is 1. The van der Waals surface area contributed by atoms with E-state index in [4.69, 9.17) is 22.6 Å². The van der Waals surface area contributed by atoms with Crippen molar-refractivity contribution >= 4 is 28.7 Å². The van der Waals surface area contributed by atoms with Gasteiger partial charge in [-0.05, 0) is 32.0 Å². The number of hydrogen-bond acceptors (Lipinski definition) is 4. The molecule has 0 saturated carbocycles. The zero-order valence-electron chi connectivity index (χ0n) is 11.6. The maximum atomic E-state index is 8.93. The quantitative estimate of drug-likeness (QED) is 0.788. The van der Waals surface area contributed by atoms with Gasteiger partial charge in [0.15, 0.2) is 5.65 Å². The van der Waals surface area contributed by atoms with E-state index in [0.29, 0.717) is 28.8 Å². The summed E-state index contributed by atoms with van der Waals surface area (Å²) >= 11 is 6.29. The van der Waals surface area contributed by atoms with E-state index < -0.39 is 0 Å². The molecule has 106 valence electrons. The van der Waals surface area contributed by atoms with Gasteiger partial charge in [0.1, 0.15) is 5.52 Å². The third kappa shape index (κ3) is 1.94. The van der Waals surface area contributed by atoms with Gasteiger partial charge in [-0.25, -0.2) is 9.67 Å². The number of benzene rings is 1. The molecule has 0 aliphatic heterocycles. The maximum Gasteiger partial charge on any atom is 0.207 e. The third-order valence-electron chi connectivity index (χ3n) is 3.35. The molecule has 0 aliphatic rings. The molecule has 0 unspecified atom stereocenters. The molecule has 2 N–H and O–H groups in total. The Hall–Kier alpha value is -2.52. The average Bonchev–Trinajstić information content (AvgIpc) is 2.96. The predicted octanol–water partition coefficient (Wildman–Crippen LogP) is 2.66. The Bertz CT molecular complexity index is 883. The molecular weight excluding hydrogens is 288 g/mol. The highest BCUT2D eigenvalue weighted by molar-refractivity contribution is 6.32. The van der Waals surface area contributed by atoms with Crippen molar-refractivity contribution in [1.29, 1.82) is 5.26 Å². The third-order valence-corrected chi connectivity index (χ3v) is 3.66. The maximum absolute atomic E-state index is 8.93. The Morgan fingerprint density at radius 2 is 2.19 bits per heavy atom. The van der Waals surface area contributed by atoms with Crippen molar-refractivity contribution in [2.45, 2.75) is 20.4 Å². The van der Waals surface area contributed by atoms with Gasteiger partial charge in [-0.1, -0.05) is 11.6 Å². The number of aromatic nitrogens is 4. The largest absolute Gasteiger partial charge is 0.369 e. The summed E-state index contributed by atoms with van der Waals surface area (Å²) in [5, 5.41) is 13.8. The summed E-state index contributed by atoms with van der Waals surface area (Å²) in [4.78, 5) is 4.38. The minimum absolute atomic E-state index is 0.347. The van der Waals surface area contributed by atoms with Crippen LogP contribution in [0.2, 0.25) is 5.02 Å². The number of anilines is 1. The van der Waals surface area contributed by atoms with Gasteiger partial charge in [0.2, 0.25) is 5.95 Å².